The molecule has 0 radical (unpaired) electrons. The summed E-state index contributed by atoms with van der Waals surface area (Å²) in [4.78, 5) is 31.0. The summed E-state index contributed by atoms with van der Waals surface area (Å²) in [6, 6.07) is 6.12. The highest BCUT2D eigenvalue weighted by Crippen LogP contribution is 2.59. The van der Waals surface area contributed by atoms with E-state index in [9.17, 15) is 19.8 Å². The summed E-state index contributed by atoms with van der Waals surface area (Å²) in [5.74, 6) is 1.11. The maximum atomic E-state index is 13.6. The zero-order valence-corrected chi connectivity index (χ0v) is 20.7. The van der Waals surface area contributed by atoms with E-state index in [0.29, 0.717) is 32.4 Å². The monoisotopic (exact) mass is 482 g/mol. The molecule has 2 N–H and O–H groups in total. The van der Waals surface area contributed by atoms with Crippen LogP contribution < -0.4 is 4.74 Å². The molecule has 4 atom stereocenters. The van der Waals surface area contributed by atoms with Crippen LogP contribution in [-0.2, 0) is 21.4 Å². The minimum absolute atomic E-state index is 0.0207. The number of likely N-dealkylation sites (tertiary alicyclic amines) is 2. The molecule has 2 aliphatic heterocycles. The Labute approximate surface area is 207 Å². The number of nitrogens with zero attached hydrogens (tertiary/aromatic N) is 2. The van der Waals surface area contributed by atoms with E-state index < -0.39 is 16.9 Å². The summed E-state index contributed by atoms with van der Waals surface area (Å²) in [5.41, 5.74) is 0.627. The lowest BCUT2D eigenvalue weighted by Gasteiger charge is -2.64. The van der Waals surface area contributed by atoms with Gasteiger partial charge in [0, 0.05) is 49.9 Å². The number of Topliss-reactive ketones (excluding diaryl/α,β-unsaturated/α-hetero) is 1. The van der Waals surface area contributed by atoms with Crippen molar-refractivity contribution in [3.8, 4) is 5.75 Å². The van der Waals surface area contributed by atoms with Gasteiger partial charge < -0.3 is 19.8 Å². The lowest BCUT2D eigenvalue weighted by atomic mass is 9.47. The number of rotatable bonds is 5. The molecule has 2 bridgehead atoms. The van der Waals surface area contributed by atoms with Crippen molar-refractivity contribution in [1.82, 2.24) is 9.80 Å². The molecule has 0 unspecified atom stereocenters. The van der Waals surface area contributed by atoms with Crippen LogP contribution in [0.1, 0.15) is 62.5 Å². The Kier molecular flexibility index (Phi) is 5.73. The van der Waals surface area contributed by atoms with Gasteiger partial charge >= 0.3 is 0 Å². The van der Waals surface area contributed by atoms with Gasteiger partial charge in [0.1, 0.15) is 11.5 Å². The van der Waals surface area contributed by atoms with E-state index in [0.717, 1.165) is 43.2 Å². The van der Waals surface area contributed by atoms with Gasteiger partial charge in [-0.25, -0.2) is 0 Å². The fraction of sp³-hybridized carbons (Fsp3) is 0.714. The van der Waals surface area contributed by atoms with Crippen LogP contribution in [0.4, 0.5) is 0 Å². The van der Waals surface area contributed by atoms with Crippen LogP contribution in [0.15, 0.2) is 18.2 Å². The van der Waals surface area contributed by atoms with Gasteiger partial charge in [0.15, 0.2) is 0 Å². The van der Waals surface area contributed by atoms with E-state index in [-0.39, 0.29) is 36.7 Å². The normalized spacial score (nSPS) is 35.4. The molecule has 190 valence electrons. The van der Waals surface area contributed by atoms with Crippen molar-refractivity contribution in [1.29, 1.82) is 0 Å². The molecule has 7 heteroatoms. The van der Waals surface area contributed by atoms with Crippen molar-refractivity contribution in [2.75, 3.05) is 33.3 Å². The molecule has 0 aromatic heterocycles. The molecule has 35 heavy (non-hydrogen) atoms. The average molecular weight is 483 g/mol. The second-order valence-corrected chi connectivity index (χ2v) is 11.8. The van der Waals surface area contributed by atoms with Crippen LogP contribution in [0.3, 0.4) is 0 Å². The van der Waals surface area contributed by atoms with E-state index in [2.05, 4.69) is 11.0 Å². The first-order chi connectivity index (χ1) is 16.8. The zero-order chi connectivity index (χ0) is 24.4. The number of aliphatic hydroxyl groups is 2. The number of ether oxygens (including phenoxy) is 1. The van der Waals surface area contributed by atoms with Crippen molar-refractivity contribution >= 4 is 11.7 Å². The summed E-state index contributed by atoms with van der Waals surface area (Å²) >= 11 is 0. The number of piperidine rings is 2. The highest BCUT2D eigenvalue weighted by molar-refractivity contribution is 5.89. The van der Waals surface area contributed by atoms with Gasteiger partial charge in [-0.05, 0) is 80.7 Å². The first kappa shape index (κ1) is 23.4. The third kappa shape index (κ3) is 3.82. The minimum Gasteiger partial charge on any atom is -0.497 e. The van der Waals surface area contributed by atoms with Gasteiger partial charge in [0.05, 0.1) is 18.8 Å². The summed E-state index contributed by atoms with van der Waals surface area (Å²) in [5, 5.41) is 22.4. The number of methoxy groups -OCH3 is 1. The third-order valence-corrected chi connectivity index (χ3v) is 9.81. The quantitative estimate of drug-likeness (QED) is 0.668. The molecule has 1 aromatic carbocycles. The molecular formula is C28H38N2O5. The van der Waals surface area contributed by atoms with Gasteiger partial charge in [-0.3, -0.25) is 14.5 Å². The second kappa shape index (κ2) is 8.56. The number of fused-ring (bicyclic) bond motifs is 1. The number of ketones is 1. The first-order valence-electron chi connectivity index (χ1n) is 13.5. The number of aliphatic hydroxyl groups excluding tert-OH is 1. The van der Waals surface area contributed by atoms with Crippen molar-refractivity contribution in [3.05, 3.63) is 29.3 Å². The second-order valence-electron chi connectivity index (χ2n) is 11.8. The lowest BCUT2D eigenvalue weighted by molar-refractivity contribution is -0.183. The van der Waals surface area contributed by atoms with Crippen LogP contribution in [0.25, 0.3) is 0 Å². The van der Waals surface area contributed by atoms with Crippen molar-refractivity contribution < 1.29 is 24.5 Å². The summed E-state index contributed by atoms with van der Waals surface area (Å²) < 4.78 is 5.54. The Morgan fingerprint density at radius 1 is 1.17 bits per heavy atom. The molecule has 7 nitrogen and oxygen atoms in total. The van der Waals surface area contributed by atoms with Crippen molar-refractivity contribution in [2.45, 2.75) is 80.9 Å². The largest absolute Gasteiger partial charge is 0.497 e. The molecule has 0 spiro atoms. The minimum atomic E-state index is -1.05. The summed E-state index contributed by atoms with van der Waals surface area (Å²) in [7, 11) is 1.66. The topological polar surface area (TPSA) is 90.3 Å². The van der Waals surface area contributed by atoms with E-state index >= 15 is 0 Å². The molecule has 2 saturated heterocycles. The zero-order valence-electron chi connectivity index (χ0n) is 20.7. The molecule has 6 rings (SSSR count). The Morgan fingerprint density at radius 2 is 1.94 bits per heavy atom. The fourth-order valence-corrected chi connectivity index (χ4v) is 7.60. The Morgan fingerprint density at radius 3 is 2.66 bits per heavy atom. The number of hydrogen-bond donors (Lipinski definition) is 2. The van der Waals surface area contributed by atoms with Gasteiger partial charge in [-0.1, -0.05) is 6.07 Å². The Bertz CT molecular complexity index is 1020. The Hall–Kier alpha value is -1.96. The molecule has 5 aliphatic rings. The number of carbonyl (C=O) groups is 2. The van der Waals surface area contributed by atoms with Crippen LogP contribution in [0, 0.1) is 11.8 Å². The van der Waals surface area contributed by atoms with Crippen LogP contribution in [-0.4, -0.2) is 82.7 Å². The highest BCUT2D eigenvalue weighted by Gasteiger charge is 2.66. The smallest absolute Gasteiger partial charge is 0.223 e. The molecular weight excluding hydrogens is 444 g/mol. The fourth-order valence-electron chi connectivity index (χ4n) is 7.60. The number of benzene rings is 1. The first-order valence-corrected chi connectivity index (χ1v) is 13.5. The van der Waals surface area contributed by atoms with Gasteiger partial charge in [0.25, 0.3) is 0 Å². The van der Waals surface area contributed by atoms with Gasteiger partial charge in [-0.2, -0.15) is 0 Å². The van der Waals surface area contributed by atoms with Gasteiger partial charge in [-0.15, -0.1) is 0 Å². The maximum Gasteiger partial charge on any atom is 0.223 e. The van der Waals surface area contributed by atoms with E-state index in [1.54, 1.807) is 12.0 Å². The SMILES string of the molecule is COc1ccc2c(c1)[C@]13CCN(CC4CC4)[C@H](C2)[C@]1(O)C[C@H](CC(=O)N1CCC(O)CC1)C(=O)C3. The predicted octanol–water partition coefficient (Wildman–Crippen LogP) is 2.06. The van der Waals surface area contributed by atoms with E-state index in [4.69, 9.17) is 4.74 Å². The Balaban J connectivity index is 1.32. The number of amides is 1. The number of hydrogen-bond acceptors (Lipinski definition) is 6. The summed E-state index contributed by atoms with van der Waals surface area (Å²) in [6.45, 7) is 3.00. The van der Waals surface area contributed by atoms with Crippen LogP contribution in [0.5, 0.6) is 5.75 Å². The molecule has 2 saturated carbocycles. The maximum absolute atomic E-state index is 13.6. The number of carbonyl (C=O) groups excluding carboxylic acids is 2. The third-order valence-electron chi connectivity index (χ3n) is 9.81. The molecule has 2 heterocycles. The van der Waals surface area contributed by atoms with E-state index in [1.807, 2.05) is 12.1 Å². The molecule has 4 fully saturated rings. The molecule has 3 aliphatic carbocycles. The highest BCUT2D eigenvalue weighted by atomic mass is 16.5. The standard InChI is InChI=1S/C28H38N2O5/c1-35-22-5-4-19-12-25-28(34)15-20(13-26(33)29-9-6-21(31)7-10-29)24(32)16-27(28,23(19)14-22)8-11-30(25)17-18-2-3-18/h4-5,14,18,20-21,25,31,34H,2-3,6-13,15-17H2,1H3/t20-,25+,27+,28+/m0/s1. The van der Waals surface area contributed by atoms with Crippen molar-refractivity contribution in [3.63, 3.8) is 0 Å². The predicted molar refractivity (Wildman–Crippen MR) is 130 cm³/mol. The van der Waals surface area contributed by atoms with Crippen LogP contribution >= 0.6 is 0 Å². The average Bonchev–Trinajstić information content (AvgIpc) is 3.66. The van der Waals surface area contributed by atoms with E-state index in [1.165, 1.54) is 18.4 Å². The van der Waals surface area contributed by atoms with Crippen molar-refractivity contribution in [2.24, 2.45) is 11.8 Å². The lowest BCUT2D eigenvalue weighted by Crippen LogP contribution is -2.74. The molecule has 1 aromatic rings. The van der Waals surface area contributed by atoms with Gasteiger partial charge in [0.2, 0.25) is 5.91 Å². The molecule has 1 amide bonds. The van der Waals surface area contributed by atoms with Crippen LogP contribution in [0.2, 0.25) is 0 Å². The summed E-state index contributed by atoms with van der Waals surface area (Å²) in [6.07, 6.45) is 5.68.